The van der Waals surface area contributed by atoms with Crippen molar-refractivity contribution in [1.29, 1.82) is 0 Å². The van der Waals surface area contributed by atoms with Crippen molar-refractivity contribution in [2.45, 2.75) is 0 Å². The lowest BCUT2D eigenvalue weighted by molar-refractivity contribution is 0.667. The summed E-state index contributed by atoms with van der Waals surface area (Å²) >= 11 is 0. The van der Waals surface area contributed by atoms with E-state index in [0.717, 1.165) is 71.9 Å². The van der Waals surface area contributed by atoms with Crippen LogP contribution in [0.25, 0.3) is 89.4 Å². The molecular weight excluding hydrogens is 578 g/mol. The summed E-state index contributed by atoms with van der Waals surface area (Å²) in [6.45, 7) is 0. The maximum absolute atomic E-state index is 5.96. The molecule has 47 heavy (non-hydrogen) atoms. The molecule has 220 valence electrons. The van der Waals surface area contributed by atoms with Gasteiger partial charge < -0.3 is 4.42 Å². The molecule has 0 bridgehead atoms. The predicted octanol–water partition coefficient (Wildman–Crippen LogP) is 10.0. The fraction of sp³-hybridized carbons (Fsp3) is 0. The van der Waals surface area contributed by atoms with E-state index in [1.54, 1.807) is 6.20 Å². The predicted molar refractivity (Wildman–Crippen MR) is 187 cm³/mol. The summed E-state index contributed by atoms with van der Waals surface area (Å²) < 4.78 is 5.96. The minimum Gasteiger partial charge on any atom is -0.454 e. The number of benzene rings is 5. The van der Waals surface area contributed by atoms with Crippen LogP contribution in [0.5, 0.6) is 0 Å². The number of rotatable bonds is 5. The molecule has 0 aliphatic heterocycles. The largest absolute Gasteiger partial charge is 0.454 e. The Labute approximate surface area is 270 Å². The first-order chi connectivity index (χ1) is 23.2. The number of hydrogen-bond acceptors (Lipinski definition) is 6. The SMILES string of the molecule is c1ccc(-c2nc(-c3ccccc3)nc(-c3cccc(-c4ccc5cc(-c6cc7c(cn6)oc6ccccc67)ncc5c4)c3)n2)cc1. The van der Waals surface area contributed by atoms with E-state index < -0.39 is 0 Å². The second-order valence-electron chi connectivity index (χ2n) is 11.4. The quantitative estimate of drug-likeness (QED) is 0.195. The highest BCUT2D eigenvalue weighted by Crippen LogP contribution is 2.33. The Hall–Kier alpha value is -6.53. The van der Waals surface area contributed by atoms with Gasteiger partial charge in [0.15, 0.2) is 23.1 Å². The van der Waals surface area contributed by atoms with Crippen LogP contribution in [0, 0.1) is 0 Å². The Bertz CT molecular complexity index is 2520. The van der Waals surface area contributed by atoms with Crippen LogP contribution in [0.4, 0.5) is 0 Å². The van der Waals surface area contributed by atoms with Gasteiger partial charge >= 0.3 is 0 Å². The van der Waals surface area contributed by atoms with Gasteiger partial charge in [-0.15, -0.1) is 0 Å². The molecule has 0 radical (unpaired) electrons. The zero-order valence-electron chi connectivity index (χ0n) is 25.1. The van der Waals surface area contributed by atoms with E-state index in [4.69, 9.17) is 24.4 Å². The number of para-hydroxylation sites is 1. The van der Waals surface area contributed by atoms with Crippen molar-refractivity contribution in [3.63, 3.8) is 0 Å². The molecule has 4 heterocycles. The van der Waals surface area contributed by atoms with Gasteiger partial charge in [-0.3, -0.25) is 9.97 Å². The summed E-state index contributed by atoms with van der Waals surface area (Å²) in [6.07, 6.45) is 3.70. The Morgan fingerprint density at radius 3 is 1.72 bits per heavy atom. The van der Waals surface area contributed by atoms with Gasteiger partial charge in [-0.05, 0) is 46.8 Å². The highest BCUT2D eigenvalue weighted by atomic mass is 16.3. The van der Waals surface area contributed by atoms with Crippen LogP contribution in [0.2, 0.25) is 0 Å². The molecule has 0 N–H and O–H groups in total. The third-order valence-electron chi connectivity index (χ3n) is 8.40. The molecule has 9 rings (SSSR count). The lowest BCUT2D eigenvalue weighted by Gasteiger charge is -2.10. The van der Waals surface area contributed by atoms with Crippen molar-refractivity contribution in [1.82, 2.24) is 24.9 Å². The molecule has 0 amide bonds. The zero-order chi connectivity index (χ0) is 31.2. The second-order valence-corrected chi connectivity index (χ2v) is 11.4. The van der Waals surface area contributed by atoms with Crippen LogP contribution in [0.1, 0.15) is 0 Å². The first kappa shape index (κ1) is 26.8. The number of furan rings is 1. The van der Waals surface area contributed by atoms with Crippen LogP contribution in [0.3, 0.4) is 0 Å². The number of aromatic nitrogens is 5. The van der Waals surface area contributed by atoms with Gasteiger partial charge in [0.2, 0.25) is 0 Å². The Kier molecular flexibility index (Phi) is 6.35. The van der Waals surface area contributed by atoms with Crippen LogP contribution in [-0.4, -0.2) is 24.9 Å². The lowest BCUT2D eigenvalue weighted by Crippen LogP contribution is -2.00. The van der Waals surface area contributed by atoms with Crippen LogP contribution >= 0.6 is 0 Å². The molecule has 6 nitrogen and oxygen atoms in total. The van der Waals surface area contributed by atoms with E-state index in [2.05, 4.69) is 53.5 Å². The Morgan fingerprint density at radius 1 is 0.362 bits per heavy atom. The topological polar surface area (TPSA) is 77.6 Å². The summed E-state index contributed by atoms with van der Waals surface area (Å²) in [5.74, 6) is 1.91. The van der Waals surface area contributed by atoms with Gasteiger partial charge in [0.25, 0.3) is 0 Å². The molecule has 9 aromatic rings. The van der Waals surface area contributed by atoms with Crippen LogP contribution in [0.15, 0.2) is 156 Å². The molecule has 0 fully saturated rings. The fourth-order valence-corrected chi connectivity index (χ4v) is 6.01. The molecule has 0 unspecified atom stereocenters. The van der Waals surface area contributed by atoms with Gasteiger partial charge in [0, 0.05) is 39.0 Å². The molecule has 0 atom stereocenters. The van der Waals surface area contributed by atoms with Gasteiger partial charge in [-0.25, -0.2) is 15.0 Å². The van der Waals surface area contributed by atoms with Crippen molar-refractivity contribution in [3.05, 3.63) is 152 Å². The highest BCUT2D eigenvalue weighted by Gasteiger charge is 2.14. The molecule has 0 saturated heterocycles. The summed E-state index contributed by atoms with van der Waals surface area (Å²) in [4.78, 5) is 24.1. The van der Waals surface area contributed by atoms with Crippen molar-refractivity contribution >= 4 is 32.7 Å². The average molecular weight is 604 g/mol. The number of pyridine rings is 2. The monoisotopic (exact) mass is 603 g/mol. The van der Waals surface area contributed by atoms with Crippen LogP contribution < -0.4 is 0 Å². The van der Waals surface area contributed by atoms with E-state index in [-0.39, 0.29) is 0 Å². The second kappa shape index (κ2) is 11.1. The zero-order valence-corrected chi connectivity index (χ0v) is 25.1. The number of hydrogen-bond donors (Lipinski definition) is 0. The summed E-state index contributed by atoms with van der Waals surface area (Å²) in [5, 5.41) is 4.24. The van der Waals surface area contributed by atoms with E-state index in [0.29, 0.717) is 17.5 Å². The molecule has 0 aliphatic rings. The number of nitrogens with zero attached hydrogens (tertiary/aromatic N) is 5. The molecule has 0 aliphatic carbocycles. The van der Waals surface area contributed by atoms with Crippen LogP contribution in [-0.2, 0) is 0 Å². The first-order valence-electron chi connectivity index (χ1n) is 15.4. The average Bonchev–Trinajstić information content (AvgIpc) is 3.53. The third kappa shape index (κ3) is 4.98. The van der Waals surface area contributed by atoms with Gasteiger partial charge in [0.05, 0.1) is 17.6 Å². The Balaban J connectivity index is 1.08. The standard InChI is InChI=1S/C41H25N5O/c1-3-10-26(11-4-1)39-44-40(27-12-5-2-6-13-27)46-41(45-39)31-15-9-14-28(20-31)29-18-19-30-22-35(42-24-32(30)21-29)36-23-34-33-16-7-8-17-37(33)47-38(34)25-43-36/h1-25H. The molecule has 4 aromatic heterocycles. The summed E-state index contributed by atoms with van der Waals surface area (Å²) in [5.41, 5.74) is 8.21. The maximum atomic E-state index is 5.96. The molecule has 0 spiro atoms. The van der Waals surface area contributed by atoms with Gasteiger partial charge in [-0.1, -0.05) is 109 Å². The molecule has 6 heteroatoms. The van der Waals surface area contributed by atoms with Crippen molar-refractivity contribution in [2.24, 2.45) is 0 Å². The highest BCUT2D eigenvalue weighted by molar-refractivity contribution is 6.05. The minimum atomic E-state index is 0.626. The molecule has 5 aromatic carbocycles. The van der Waals surface area contributed by atoms with E-state index in [9.17, 15) is 0 Å². The van der Waals surface area contributed by atoms with Gasteiger partial charge in [-0.2, -0.15) is 0 Å². The van der Waals surface area contributed by atoms with Crippen molar-refractivity contribution in [3.8, 4) is 56.7 Å². The minimum absolute atomic E-state index is 0.626. The van der Waals surface area contributed by atoms with E-state index in [1.807, 2.05) is 97.2 Å². The lowest BCUT2D eigenvalue weighted by atomic mass is 9.99. The molecular formula is C41H25N5O. The normalized spacial score (nSPS) is 11.4. The summed E-state index contributed by atoms with van der Waals surface area (Å²) in [7, 11) is 0. The molecule has 0 saturated carbocycles. The number of fused-ring (bicyclic) bond motifs is 4. The Morgan fingerprint density at radius 2 is 0.957 bits per heavy atom. The van der Waals surface area contributed by atoms with E-state index in [1.165, 1.54) is 0 Å². The van der Waals surface area contributed by atoms with Gasteiger partial charge in [0.1, 0.15) is 5.58 Å². The van der Waals surface area contributed by atoms with E-state index >= 15 is 0 Å². The van der Waals surface area contributed by atoms with Crippen molar-refractivity contribution < 1.29 is 4.42 Å². The maximum Gasteiger partial charge on any atom is 0.164 e. The summed E-state index contributed by atoms with van der Waals surface area (Å²) in [6, 6.07) is 47.0. The van der Waals surface area contributed by atoms with Crippen molar-refractivity contribution in [2.75, 3.05) is 0 Å². The smallest absolute Gasteiger partial charge is 0.164 e. The third-order valence-corrected chi connectivity index (χ3v) is 8.40. The first-order valence-corrected chi connectivity index (χ1v) is 15.4. The fourth-order valence-electron chi connectivity index (χ4n) is 6.01.